The van der Waals surface area contributed by atoms with Crippen molar-refractivity contribution in [2.75, 3.05) is 5.75 Å². The van der Waals surface area contributed by atoms with E-state index in [1.807, 2.05) is 0 Å². The van der Waals surface area contributed by atoms with E-state index in [4.69, 9.17) is 21.3 Å². The van der Waals surface area contributed by atoms with Crippen LogP contribution in [0.25, 0.3) is 10.9 Å². The van der Waals surface area contributed by atoms with Crippen molar-refractivity contribution in [3.63, 3.8) is 0 Å². The topological polar surface area (TPSA) is 95.6 Å². The van der Waals surface area contributed by atoms with Crippen molar-refractivity contribution in [2.45, 2.75) is 24.5 Å². The molecule has 0 aliphatic carbocycles. The average molecular weight is 399 g/mol. The zero-order valence-corrected chi connectivity index (χ0v) is 15.8. The summed E-state index contributed by atoms with van der Waals surface area (Å²) in [6.45, 7) is 0.245. The third-order valence-corrected chi connectivity index (χ3v) is 5.35. The Kier molecular flexibility index (Phi) is 6.18. The third kappa shape index (κ3) is 4.51. The second kappa shape index (κ2) is 8.77. The molecule has 0 bridgehead atoms. The molecule has 1 aromatic carbocycles. The van der Waals surface area contributed by atoms with Gasteiger partial charge in [-0.1, -0.05) is 23.4 Å². The minimum Gasteiger partial charge on any atom is -0.467 e. The second-order valence-corrected chi connectivity index (χ2v) is 7.28. The van der Waals surface area contributed by atoms with Gasteiger partial charge in [-0.25, -0.2) is 4.98 Å². The van der Waals surface area contributed by atoms with Gasteiger partial charge in [0.25, 0.3) is 5.56 Å². The van der Waals surface area contributed by atoms with Crippen molar-refractivity contribution < 1.29 is 4.42 Å². The lowest BCUT2D eigenvalue weighted by molar-refractivity contribution is 0.476. The molecule has 2 heterocycles. The summed E-state index contributed by atoms with van der Waals surface area (Å²) in [7, 11) is 0. The van der Waals surface area contributed by atoms with Crippen molar-refractivity contribution in [2.24, 2.45) is 5.92 Å². The Morgan fingerprint density at radius 1 is 1.33 bits per heavy atom. The lowest BCUT2D eigenvalue weighted by Gasteiger charge is -2.13. The summed E-state index contributed by atoms with van der Waals surface area (Å²) in [6.07, 6.45) is 2.36. The van der Waals surface area contributed by atoms with Gasteiger partial charge in [-0.15, -0.1) is 0 Å². The van der Waals surface area contributed by atoms with E-state index in [-0.39, 0.29) is 18.0 Å². The molecule has 0 amide bonds. The number of furan rings is 1. The van der Waals surface area contributed by atoms with Crippen LogP contribution in [0.1, 0.15) is 18.6 Å². The molecule has 3 aromatic rings. The maximum absolute atomic E-state index is 13.0. The molecule has 6 nitrogen and oxygen atoms in total. The first-order valence-electron chi connectivity index (χ1n) is 8.24. The van der Waals surface area contributed by atoms with Gasteiger partial charge in [0.1, 0.15) is 5.76 Å². The van der Waals surface area contributed by atoms with Crippen molar-refractivity contribution in [1.29, 1.82) is 10.5 Å². The first kappa shape index (κ1) is 19.0. The van der Waals surface area contributed by atoms with Crippen LogP contribution in [-0.4, -0.2) is 15.3 Å². The molecule has 3 rings (SSSR count). The molecule has 0 spiro atoms. The van der Waals surface area contributed by atoms with Crippen molar-refractivity contribution >= 4 is 34.3 Å². The number of nitrogens with zero attached hydrogens (tertiary/aromatic N) is 4. The lowest BCUT2D eigenvalue weighted by atomic mass is 10.1. The molecular formula is C19H15ClN4O2S. The van der Waals surface area contributed by atoms with E-state index in [0.29, 0.717) is 45.4 Å². The van der Waals surface area contributed by atoms with Crippen LogP contribution < -0.4 is 5.56 Å². The number of benzene rings is 1. The predicted octanol–water partition coefficient (Wildman–Crippen LogP) is 4.23. The van der Waals surface area contributed by atoms with Gasteiger partial charge in [0.05, 0.1) is 41.8 Å². The average Bonchev–Trinajstić information content (AvgIpc) is 3.17. The van der Waals surface area contributed by atoms with Gasteiger partial charge in [0.2, 0.25) is 0 Å². The lowest BCUT2D eigenvalue weighted by Crippen LogP contribution is -2.24. The molecule has 136 valence electrons. The molecule has 0 aliphatic heterocycles. The molecule has 27 heavy (non-hydrogen) atoms. The molecule has 0 aliphatic rings. The van der Waals surface area contributed by atoms with Crippen LogP contribution in [0.15, 0.2) is 51.0 Å². The van der Waals surface area contributed by atoms with E-state index in [1.54, 1.807) is 41.2 Å². The van der Waals surface area contributed by atoms with Crippen molar-refractivity contribution in [3.05, 3.63) is 57.7 Å². The first-order valence-corrected chi connectivity index (χ1v) is 9.60. The summed E-state index contributed by atoms with van der Waals surface area (Å²) in [5.41, 5.74) is 0.317. The molecule has 0 saturated heterocycles. The number of hydrogen-bond donors (Lipinski definition) is 0. The summed E-state index contributed by atoms with van der Waals surface area (Å²) in [6, 6.07) is 12.8. The Bertz CT molecular complexity index is 1080. The van der Waals surface area contributed by atoms with E-state index in [2.05, 4.69) is 17.1 Å². The molecule has 0 radical (unpaired) electrons. The fraction of sp³-hybridized carbons (Fsp3) is 0.263. The summed E-state index contributed by atoms with van der Waals surface area (Å²) in [5, 5.41) is 19.5. The van der Waals surface area contributed by atoms with Gasteiger partial charge >= 0.3 is 0 Å². The molecule has 0 N–H and O–H groups in total. The van der Waals surface area contributed by atoms with Crippen LogP contribution in [0.4, 0.5) is 0 Å². The predicted molar refractivity (Wildman–Crippen MR) is 103 cm³/mol. The molecular weight excluding hydrogens is 384 g/mol. The fourth-order valence-corrected chi connectivity index (χ4v) is 3.80. The largest absolute Gasteiger partial charge is 0.467 e. The van der Waals surface area contributed by atoms with Gasteiger partial charge in [-0.2, -0.15) is 10.5 Å². The van der Waals surface area contributed by atoms with Gasteiger partial charge in [0.15, 0.2) is 5.16 Å². The summed E-state index contributed by atoms with van der Waals surface area (Å²) < 4.78 is 6.91. The van der Waals surface area contributed by atoms with E-state index < -0.39 is 0 Å². The van der Waals surface area contributed by atoms with E-state index in [1.165, 1.54) is 11.8 Å². The SMILES string of the molecule is N#CCC[C@H](C#N)CSc1nc2cc(Cl)ccc2c(=O)n1Cc1ccco1. The first-order chi connectivity index (χ1) is 13.1. The Labute approximate surface area is 165 Å². The standard InChI is InChI=1S/C19H15ClN4O2S/c20-14-5-6-16-17(9-14)23-19(27-12-13(10-22)3-1-7-21)24(18(16)25)11-15-4-2-8-26-15/h2,4-6,8-9,13H,1,3,11-12H2/t13-/m1/s1. The molecule has 0 unspecified atom stereocenters. The quantitative estimate of drug-likeness (QED) is 0.436. The van der Waals surface area contributed by atoms with Gasteiger partial charge < -0.3 is 4.42 Å². The fourth-order valence-electron chi connectivity index (χ4n) is 2.58. The summed E-state index contributed by atoms with van der Waals surface area (Å²) in [4.78, 5) is 17.6. The zero-order valence-electron chi connectivity index (χ0n) is 14.3. The normalized spacial score (nSPS) is 11.8. The van der Waals surface area contributed by atoms with E-state index in [9.17, 15) is 10.1 Å². The maximum Gasteiger partial charge on any atom is 0.262 e. The molecule has 0 saturated carbocycles. The Hall–Kier alpha value is -2.74. The van der Waals surface area contributed by atoms with Crippen LogP contribution in [0, 0.1) is 28.6 Å². The molecule has 8 heteroatoms. The maximum atomic E-state index is 13.0. The van der Waals surface area contributed by atoms with Crippen molar-refractivity contribution in [1.82, 2.24) is 9.55 Å². The van der Waals surface area contributed by atoms with Gasteiger partial charge in [-0.3, -0.25) is 9.36 Å². The number of hydrogen-bond acceptors (Lipinski definition) is 6. The highest BCUT2D eigenvalue weighted by Crippen LogP contribution is 2.24. The minimum absolute atomic E-state index is 0.193. The molecule has 2 aromatic heterocycles. The number of rotatable bonds is 7. The zero-order chi connectivity index (χ0) is 19.2. The smallest absolute Gasteiger partial charge is 0.262 e. The van der Waals surface area contributed by atoms with Gasteiger partial charge in [0, 0.05) is 17.2 Å². The number of nitriles is 2. The number of halogens is 1. The highest BCUT2D eigenvalue weighted by molar-refractivity contribution is 7.99. The number of fused-ring (bicyclic) bond motifs is 1. The second-order valence-electron chi connectivity index (χ2n) is 5.86. The minimum atomic E-state index is -0.293. The number of aromatic nitrogens is 2. The van der Waals surface area contributed by atoms with Crippen LogP contribution in [0.2, 0.25) is 5.02 Å². The van der Waals surface area contributed by atoms with E-state index in [0.717, 1.165) is 0 Å². The van der Waals surface area contributed by atoms with E-state index >= 15 is 0 Å². The molecule has 1 atom stereocenters. The van der Waals surface area contributed by atoms with Crippen LogP contribution in [0.3, 0.4) is 0 Å². The van der Waals surface area contributed by atoms with Crippen LogP contribution in [-0.2, 0) is 6.54 Å². The highest BCUT2D eigenvalue weighted by atomic mass is 35.5. The van der Waals surface area contributed by atoms with Crippen LogP contribution >= 0.6 is 23.4 Å². The summed E-state index contributed by atoms with van der Waals surface area (Å²) >= 11 is 7.36. The highest BCUT2D eigenvalue weighted by Gasteiger charge is 2.16. The molecule has 0 fully saturated rings. The summed E-state index contributed by atoms with van der Waals surface area (Å²) in [5.74, 6) is 0.781. The van der Waals surface area contributed by atoms with Gasteiger partial charge in [-0.05, 0) is 36.8 Å². The van der Waals surface area contributed by atoms with Crippen LogP contribution in [0.5, 0.6) is 0 Å². The Balaban J connectivity index is 1.99. The Morgan fingerprint density at radius 3 is 2.89 bits per heavy atom. The number of thioether (sulfide) groups is 1. The Morgan fingerprint density at radius 2 is 2.19 bits per heavy atom. The van der Waals surface area contributed by atoms with Crippen molar-refractivity contribution in [3.8, 4) is 12.1 Å². The monoisotopic (exact) mass is 398 g/mol. The third-order valence-electron chi connectivity index (χ3n) is 3.98.